The highest BCUT2D eigenvalue weighted by atomic mass is 35.5. The maximum absolute atomic E-state index is 13.1. The number of nitro benzene ring substituents is 1. The Morgan fingerprint density at radius 3 is 2.86 bits per heavy atom. The average molecular weight is 232 g/mol. The van der Waals surface area contributed by atoms with E-state index in [0.717, 1.165) is 11.3 Å². The fourth-order valence-corrected chi connectivity index (χ4v) is 2.29. The molecule has 0 atom stereocenters. The van der Waals surface area contributed by atoms with Crippen LogP contribution in [0.4, 0.5) is 10.1 Å². The quantitative estimate of drug-likeness (QED) is 0.556. The van der Waals surface area contributed by atoms with Gasteiger partial charge in [0.25, 0.3) is 5.69 Å². The van der Waals surface area contributed by atoms with Crippen LogP contribution in [-0.4, -0.2) is 4.92 Å². The molecule has 0 saturated carbocycles. The predicted molar refractivity (Wildman–Crippen MR) is 53.4 cm³/mol. The monoisotopic (exact) mass is 231 g/mol. The van der Waals surface area contributed by atoms with Crippen LogP contribution in [0.25, 0.3) is 10.1 Å². The van der Waals surface area contributed by atoms with E-state index < -0.39 is 10.7 Å². The Bertz CT molecular complexity index is 525. The molecule has 0 aliphatic rings. The summed E-state index contributed by atoms with van der Waals surface area (Å²) in [5.74, 6) is -0.476. The summed E-state index contributed by atoms with van der Waals surface area (Å²) in [6.45, 7) is 0. The summed E-state index contributed by atoms with van der Waals surface area (Å²) in [6, 6.07) is 2.61. The molecule has 0 bridgehead atoms. The molecule has 14 heavy (non-hydrogen) atoms. The second kappa shape index (κ2) is 3.18. The fourth-order valence-electron chi connectivity index (χ4n) is 1.19. The molecule has 0 amide bonds. The van der Waals surface area contributed by atoms with Crippen molar-refractivity contribution in [2.75, 3.05) is 0 Å². The second-order valence-corrected chi connectivity index (χ2v) is 3.96. The summed E-state index contributed by atoms with van der Waals surface area (Å²) in [5.41, 5.74) is -0.151. The van der Waals surface area contributed by atoms with E-state index in [4.69, 9.17) is 11.6 Å². The minimum Gasteiger partial charge on any atom is -0.258 e. The lowest BCUT2D eigenvalue weighted by molar-refractivity contribution is -0.382. The molecule has 2 aromatic rings. The SMILES string of the molecule is O=[N+]([O-])c1cc(Cl)cc2c(F)csc12. The zero-order valence-electron chi connectivity index (χ0n) is 6.66. The third-order valence-electron chi connectivity index (χ3n) is 1.77. The number of non-ortho nitro benzene ring substituents is 1. The molecule has 3 nitrogen and oxygen atoms in total. The molecule has 72 valence electrons. The van der Waals surface area contributed by atoms with Gasteiger partial charge in [-0.05, 0) is 6.07 Å². The molecule has 0 aliphatic carbocycles. The van der Waals surface area contributed by atoms with Crippen LogP contribution in [0.15, 0.2) is 17.5 Å². The summed E-state index contributed by atoms with van der Waals surface area (Å²) in [4.78, 5) is 10.0. The van der Waals surface area contributed by atoms with Gasteiger partial charge in [0.15, 0.2) is 0 Å². The number of hydrogen-bond donors (Lipinski definition) is 0. The lowest BCUT2D eigenvalue weighted by atomic mass is 10.2. The molecule has 6 heteroatoms. The van der Waals surface area contributed by atoms with Gasteiger partial charge in [0.05, 0.1) is 4.92 Å². The highest BCUT2D eigenvalue weighted by Crippen LogP contribution is 2.35. The first kappa shape index (κ1) is 9.36. The summed E-state index contributed by atoms with van der Waals surface area (Å²) in [5, 5.41) is 12.2. The van der Waals surface area contributed by atoms with E-state index >= 15 is 0 Å². The number of fused-ring (bicyclic) bond motifs is 1. The van der Waals surface area contributed by atoms with Crippen molar-refractivity contribution in [2.24, 2.45) is 0 Å². The number of rotatable bonds is 1. The van der Waals surface area contributed by atoms with Crippen LogP contribution in [0.2, 0.25) is 5.02 Å². The third-order valence-corrected chi connectivity index (χ3v) is 2.98. The van der Waals surface area contributed by atoms with Crippen LogP contribution in [0, 0.1) is 15.9 Å². The van der Waals surface area contributed by atoms with Gasteiger partial charge in [-0.25, -0.2) is 4.39 Å². The van der Waals surface area contributed by atoms with Crippen molar-refractivity contribution in [3.05, 3.63) is 38.5 Å². The number of benzene rings is 1. The maximum atomic E-state index is 13.1. The van der Waals surface area contributed by atoms with Gasteiger partial charge in [0.2, 0.25) is 0 Å². The molecule has 1 aromatic heterocycles. The number of thiophene rings is 1. The lowest BCUT2D eigenvalue weighted by Crippen LogP contribution is -1.87. The van der Waals surface area contributed by atoms with E-state index in [1.54, 1.807) is 0 Å². The van der Waals surface area contributed by atoms with Crippen molar-refractivity contribution in [1.29, 1.82) is 0 Å². The third kappa shape index (κ3) is 1.34. The highest BCUT2D eigenvalue weighted by Gasteiger charge is 2.17. The molecule has 1 aromatic carbocycles. The zero-order valence-corrected chi connectivity index (χ0v) is 8.23. The topological polar surface area (TPSA) is 43.1 Å². The Kier molecular flexibility index (Phi) is 2.13. The predicted octanol–water partition coefficient (Wildman–Crippen LogP) is 3.60. The van der Waals surface area contributed by atoms with Crippen molar-refractivity contribution in [3.8, 4) is 0 Å². The van der Waals surface area contributed by atoms with Gasteiger partial charge < -0.3 is 0 Å². The first-order valence-electron chi connectivity index (χ1n) is 3.60. The van der Waals surface area contributed by atoms with Crippen molar-refractivity contribution >= 4 is 38.7 Å². The first-order valence-corrected chi connectivity index (χ1v) is 4.86. The lowest BCUT2D eigenvalue weighted by Gasteiger charge is -1.94. The van der Waals surface area contributed by atoms with E-state index in [1.165, 1.54) is 17.5 Å². The van der Waals surface area contributed by atoms with E-state index in [9.17, 15) is 14.5 Å². The standard InChI is InChI=1S/C8H3ClFNO2S/c9-4-1-5-6(10)3-14-8(5)7(2-4)11(12)13/h1-3H. The largest absolute Gasteiger partial charge is 0.288 e. The van der Waals surface area contributed by atoms with Gasteiger partial charge in [-0.15, -0.1) is 11.3 Å². The number of nitrogens with zero attached hydrogens (tertiary/aromatic N) is 1. The van der Waals surface area contributed by atoms with Crippen LogP contribution in [0.3, 0.4) is 0 Å². The Labute approximate surface area is 86.9 Å². The summed E-state index contributed by atoms with van der Waals surface area (Å²) >= 11 is 6.63. The van der Waals surface area contributed by atoms with Crippen molar-refractivity contribution in [3.63, 3.8) is 0 Å². The molecule has 0 spiro atoms. The van der Waals surface area contributed by atoms with Gasteiger partial charge in [-0.2, -0.15) is 0 Å². The van der Waals surface area contributed by atoms with Crippen LogP contribution >= 0.6 is 22.9 Å². The Morgan fingerprint density at radius 1 is 1.50 bits per heavy atom. The van der Waals surface area contributed by atoms with Gasteiger partial charge in [-0.3, -0.25) is 10.1 Å². The molecular weight excluding hydrogens is 229 g/mol. The highest BCUT2D eigenvalue weighted by molar-refractivity contribution is 7.17. The van der Waals surface area contributed by atoms with E-state index in [0.29, 0.717) is 4.70 Å². The van der Waals surface area contributed by atoms with E-state index in [-0.39, 0.29) is 16.1 Å². The van der Waals surface area contributed by atoms with Crippen molar-refractivity contribution in [1.82, 2.24) is 0 Å². The first-order chi connectivity index (χ1) is 6.59. The fraction of sp³-hybridized carbons (Fsp3) is 0. The van der Waals surface area contributed by atoms with E-state index in [1.807, 2.05) is 0 Å². The number of nitro groups is 1. The Balaban J connectivity index is 2.88. The van der Waals surface area contributed by atoms with Crippen molar-refractivity contribution < 1.29 is 9.31 Å². The minimum atomic E-state index is -0.565. The summed E-state index contributed by atoms with van der Waals surface area (Å²) < 4.78 is 13.4. The second-order valence-electron chi connectivity index (χ2n) is 2.64. The maximum Gasteiger partial charge on any atom is 0.288 e. The Hall–Kier alpha value is -1.20. The smallest absolute Gasteiger partial charge is 0.258 e. The van der Waals surface area contributed by atoms with Gasteiger partial charge >= 0.3 is 0 Å². The summed E-state index contributed by atoms with van der Waals surface area (Å²) in [6.07, 6.45) is 0. The van der Waals surface area contributed by atoms with Gasteiger partial charge in [0.1, 0.15) is 10.5 Å². The average Bonchev–Trinajstić information content (AvgIpc) is 2.47. The molecule has 0 radical (unpaired) electrons. The van der Waals surface area contributed by atoms with Gasteiger partial charge in [-0.1, -0.05) is 11.6 Å². The molecule has 0 N–H and O–H groups in total. The van der Waals surface area contributed by atoms with Crippen LogP contribution in [0.5, 0.6) is 0 Å². The Morgan fingerprint density at radius 2 is 2.21 bits per heavy atom. The van der Waals surface area contributed by atoms with Crippen LogP contribution < -0.4 is 0 Å². The normalized spacial score (nSPS) is 10.7. The molecule has 2 rings (SSSR count). The van der Waals surface area contributed by atoms with E-state index in [2.05, 4.69) is 0 Å². The molecular formula is C8H3ClFNO2S. The molecule has 1 heterocycles. The molecule has 0 fully saturated rings. The van der Waals surface area contributed by atoms with Crippen LogP contribution in [0.1, 0.15) is 0 Å². The molecule has 0 unspecified atom stereocenters. The minimum absolute atomic E-state index is 0.151. The van der Waals surface area contributed by atoms with Gasteiger partial charge in [0, 0.05) is 21.9 Å². The van der Waals surface area contributed by atoms with Crippen LogP contribution in [-0.2, 0) is 0 Å². The molecule has 0 aliphatic heterocycles. The number of halogens is 2. The number of hydrogen-bond acceptors (Lipinski definition) is 3. The molecule has 0 saturated heterocycles. The summed E-state index contributed by atoms with van der Waals surface area (Å²) in [7, 11) is 0. The van der Waals surface area contributed by atoms with Crippen molar-refractivity contribution in [2.45, 2.75) is 0 Å². The zero-order chi connectivity index (χ0) is 10.3.